The minimum atomic E-state index is 0.289. The first-order valence-electron chi connectivity index (χ1n) is 18.8. The van der Waals surface area contributed by atoms with Crippen LogP contribution in [0.5, 0.6) is 0 Å². The van der Waals surface area contributed by atoms with Crippen LogP contribution in [0.4, 0.5) is 11.4 Å². The Bertz CT molecular complexity index is 2500. The number of nitrogens with zero attached hydrogens (tertiary/aromatic N) is 3. The third kappa shape index (κ3) is 4.22. The molecule has 5 unspecified atom stereocenters. The third-order valence-corrected chi connectivity index (χ3v) is 12.5. The summed E-state index contributed by atoms with van der Waals surface area (Å²) >= 11 is 0. The van der Waals surface area contributed by atoms with Gasteiger partial charge in [-0.05, 0) is 104 Å². The zero-order chi connectivity index (χ0) is 32.8. The number of hydrogen-bond acceptors (Lipinski definition) is 1. The lowest BCUT2D eigenvalue weighted by Crippen LogP contribution is -2.28. The van der Waals surface area contributed by atoms with Gasteiger partial charge in [0.25, 0.3) is 0 Å². The summed E-state index contributed by atoms with van der Waals surface area (Å²) < 4.78 is 5.08. The molecule has 1 aliphatic heterocycles. The van der Waals surface area contributed by atoms with Crippen LogP contribution in [0.25, 0.3) is 49.3 Å². The van der Waals surface area contributed by atoms with Gasteiger partial charge in [-0.25, -0.2) is 0 Å². The van der Waals surface area contributed by atoms with Crippen LogP contribution in [0.3, 0.4) is 0 Å². The summed E-state index contributed by atoms with van der Waals surface area (Å²) in [5, 5.41) is 5.28. The first-order valence-corrected chi connectivity index (χ1v) is 18.8. The lowest BCUT2D eigenvalue weighted by molar-refractivity contribution is 0.393. The standard InChI is InChI=1S/C47H41N3/c1-5-16-44-36(12-1)37-13-2-6-17-45(37)49(44)34-22-24-42-40(29-34)41-30-35(50-46-18-7-3-14-38(46)39-15-4-8-19-47(39)50)23-25-43(41)48(42)26-10-9-11-32-27-31-20-21-33(32)28-31/h1-8,12-25,29-33,36,44H,9-11,26-28H2. The second kappa shape index (κ2) is 11.1. The van der Waals surface area contributed by atoms with Crippen LogP contribution in [0, 0.1) is 17.8 Å². The fourth-order valence-electron chi connectivity index (χ4n) is 10.3. The molecule has 3 nitrogen and oxygen atoms in total. The third-order valence-electron chi connectivity index (χ3n) is 12.5. The molecule has 1 saturated carbocycles. The van der Waals surface area contributed by atoms with Crippen LogP contribution in [0.1, 0.15) is 43.6 Å². The quantitative estimate of drug-likeness (QED) is 0.124. The Morgan fingerprint density at radius 3 is 2.02 bits per heavy atom. The highest BCUT2D eigenvalue weighted by Crippen LogP contribution is 2.49. The predicted molar refractivity (Wildman–Crippen MR) is 210 cm³/mol. The first kappa shape index (κ1) is 28.5. The van der Waals surface area contributed by atoms with Gasteiger partial charge in [-0.3, -0.25) is 0 Å². The Labute approximate surface area is 293 Å². The molecule has 1 fully saturated rings. The molecule has 3 aliphatic carbocycles. The molecule has 0 N–H and O–H groups in total. The van der Waals surface area contributed by atoms with Crippen LogP contribution in [-0.2, 0) is 6.54 Å². The summed E-state index contributed by atoms with van der Waals surface area (Å²) in [5.41, 5.74) is 10.4. The maximum Gasteiger partial charge on any atom is 0.0629 e. The number of fused-ring (bicyclic) bond motifs is 11. The minimum absolute atomic E-state index is 0.289. The number of para-hydroxylation sites is 3. The van der Waals surface area contributed by atoms with Crippen molar-refractivity contribution in [2.75, 3.05) is 4.90 Å². The van der Waals surface area contributed by atoms with E-state index in [-0.39, 0.29) is 6.04 Å². The monoisotopic (exact) mass is 647 g/mol. The van der Waals surface area contributed by atoms with Crippen molar-refractivity contribution in [1.82, 2.24) is 9.13 Å². The van der Waals surface area contributed by atoms with E-state index in [1.807, 2.05) is 0 Å². The predicted octanol–water partition coefficient (Wildman–Crippen LogP) is 12.0. The topological polar surface area (TPSA) is 13.1 Å². The van der Waals surface area contributed by atoms with E-state index in [1.54, 1.807) is 0 Å². The minimum Gasteiger partial charge on any atom is -0.340 e. The highest BCUT2D eigenvalue weighted by Gasteiger charge is 2.37. The van der Waals surface area contributed by atoms with E-state index in [2.05, 4.69) is 160 Å². The number of benzene rings is 5. The summed E-state index contributed by atoms with van der Waals surface area (Å²) in [6.45, 7) is 1.05. The highest BCUT2D eigenvalue weighted by molar-refractivity contribution is 6.12. The van der Waals surface area contributed by atoms with E-state index in [9.17, 15) is 0 Å². The normalized spacial score (nSPS) is 23.3. The Morgan fingerprint density at radius 2 is 1.26 bits per heavy atom. The molecule has 2 bridgehead atoms. The fraction of sp³-hybridized carbons (Fsp3) is 0.234. The molecule has 5 atom stereocenters. The summed E-state index contributed by atoms with van der Waals surface area (Å²) in [7, 11) is 0. The van der Waals surface area contributed by atoms with Crippen LogP contribution < -0.4 is 4.90 Å². The smallest absolute Gasteiger partial charge is 0.0629 e. The van der Waals surface area contributed by atoms with E-state index in [0.717, 1.165) is 24.3 Å². The molecular weight excluding hydrogens is 607 g/mol. The number of aromatic nitrogens is 2. The number of unbranched alkanes of at least 4 members (excludes halogenated alkanes) is 1. The number of anilines is 2. The molecule has 5 aromatic carbocycles. The molecule has 0 radical (unpaired) electrons. The number of aryl methyl sites for hydroxylation is 1. The molecule has 0 saturated heterocycles. The van der Waals surface area contributed by atoms with Crippen LogP contribution >= 0.6 is 0 Å². The van der Waals surface area contributed by atoms with Gasteiger partial charge in [0.15, 0.2) is 0 Å². The van der Waals surface area contributed by atoms with Crippen molar-refractivity contribution < 1.29 is 0 Å². The van der Waals surface area contributed by atoms with E-state index < -0.39 is 0 Å². The van der Waals surface area contributed by atoms with Crippen LogP contribution in [0.15, 0.2) is 146 Å². The van der Waals surface area contributed by atoms with Gasteiger partial charge in [0, 0.05) is 62.1 Å². The molecule has 7 aromatic rings. The molecule has 3 heteroatoms. The van der Waals surface area contributed by atoms with Crippen molar-refractivity contribution in [2.45, 2.75) is 50.6 Å². The van der Waals surface area contributed by atoms with E-state index in [4.69, 9.17) is 0 Å². The maximum atomic E-state index is 2.62. The van der Waals surface area contributed by atoms with Gasteiger partial charge in [-0.2, -0.15) is 0 Å². The zero-order valence-electron chi connectivity index (χ0n) is 28.3. The van der Waals surface area contributed by atoms with Gasteiger partial charge < -0.3 is 14.0 Å². The number of rotatable bonds is 7. The summed E-state index contributed by atoms with van der Waals surface area (Å²) in [4.78, 5) is 2.57. The second-order valence-corrected chi connectivity index (χ2v) is 15.2. The SMILES string of the molecule is C1=CC2c3ccccc3N(c3ccc4c(c3)c3cc(-n5c6ccccc6c6ccccc65)ccc3n4CCCCC3CC4C=CC3C4)C2C=C1. The molecule has 0 spiro atoms. The largest absolute Gasteiger partial charge is 0.340 e. The van der Waals surface area contributed by atoms with Crippen molar-refractivity contribution in [3.8, 4) is 5.69 Å². The Hall–Kier alpha value is -5.28. The van der Waals surface area contributed by atoms with Crippen molar-refractivity contribution in [3.63, 3.8) is 0 Å². The lowest BCUT2D eigenvalue weighted by Gasteiger charge is -2.28. The Balaban J connectivity index is 1.05. The fourth-order valence-corrected chi connectivity index (χ4v) is 10.3. The average Bonchev–Trinajstić information content (AvgIpc) is 3.99. The summed E-state index contributed by atoms with van der Waals surface area (Å²) in [6.07, 6.45) is 20.9. The van der Waals surface area contributed by atoms with Gasteiger partial charge >= 0.3 is 0 Å². The Morgan fingerprint density at radius 1 is 0.560 bits per heavy atom. The molecule has 11 rings (SSSR count). The molecule has 244 valence electrons. The van der Waals surface area contributed by atoms with Crippen LogP contribution in [0.2, 0.25) is 0 Å². The summed E-state index contributed by atoms with van der Waals surface area (Å²) in [5.74, 6) is 2.98. The molecule has 0 amide bonds. The zero-order valence-corrected chi connectivity index (χ0v) is 28.3. The van der Waals surface area contributed by atoms with E-state index in [0.29, 0.717) is 5.92 Å². The van der Waals surface area contributed by atoms with Crippen molar-refractivity contribution >= 4 is 55.0 Å². The van der Waals surface area contributed by atoms with E-state index in [1.165, 1.54) is 98.3 Å². The second-order valence-electron chi connectivity index (χ2n) is 15.2. The van der Waals surface area contributed by atoms with Gasteiger partial charge in [0.05, 0.1) is 17.1 Å². The highest BCUT2D eigenvalue weighted by atomic mass is 15.2. The average molecular weight is 648 g/mol. The van der Waals surface area contributed by atoms with Gasteiger partial charge in [-0.15, -0.1) is 0 Å². The van der Waals surface area contributed by atoms with Crippen molar-refractivity contribution in [2.24, 2.45) is 17.8 Å². The van der Waals surface area contributed by atoms with Crippen LogP contribution in [-0.4, -0.2) is 15.2 Å². The molecule has 50 heavy (non-hydrogen) atoms. The Kier molecular flexibility index (Phi) is 6.35. The first-order chi connectivity index (χ1) is 24.8. The summed E-state index contributed by atoms with van der Waals surface area (Å²) in [6, 6.07) is 41.4. The molecule has 3 heterocycles. The van der Waals surface area contributed by atoms with Gasteiger partial charge in [-0.1, -0.05) is 97.5 Å². The van der Waals surface area contributed by atoms with Crippen molar-refractivity contribution in [1.29, 1.82) is 0 Å². The number of allylic oxidation sites excluding steroid dienone is 4. The lowest BCUT2D eigenvalue weighted by atomic mass is 9.89. The molecule has 2 aromatic heterocycles. The maximum absolute atomic E-state index is 2.62. The van der Waals surface area contributed by atoms with E-state index >= 15 is 0 Å². The van der Waals surface area contributed by atoms with Gasteiger partial charge in [0.2, 0.25) is 0 Å². The van der Waals surface area contributed by atoms with Gasteiger partial charge in [0.1, 0.15) is 0 Å². The number of hydrogen-bond donors (Lipinski definition) is 0. The molecular formula is C47H41N3. The molecule has 4 aliphatic rings. The van der Waals surface area contributed by atoms with Crippen molar-refractivity contribution in [3.05, 3.63) is 151 Å².